The van der Waals surface area contributed by atoms with Crippen LogP contribution in [-0.2, 0) is 55.8 Å². The van der Waals surface area contributed by atoms with E-state index in [4.69, 9.17) is 19.2 Å². The summed E-state index contributed by atoms with van der Waals surface area (Å²) >= 11 is 0. The molecule has 0 spiro atoms. The van der Waals surface area contributed by atoms with Crippen LogP contribution in [-0.4, -0.2) is 0 Å². The number of hydrogen-bond acceptors (Lipinski definition) is 7. The minimum atomic E-state index is -5.39. The molecule has 11 heteroatoms. The third kappa shape index (κ3) is 439. The Morgan fingerprint density at radius 2 is 0.727 bits per heavy atom. The van der Waals surface area contributed by atoms with Gasteiger partial charge in [-0.05, 0) is 0 Å². The molecule has 0 aliphatic carbocycles. The van der Waals surface area contributed by atoms with E-state index >= 15 is 0 Å². The Bertz CT molecular complexity index is 66.7. The second-order valence-corrected chi connectivity index (χ2v) is 1.34. The maximum Gasteiger partial charge on any atom is 0 e. The van der Waals surface area contributed by atoms with Gasteiger partial charge in [-0.15, -0.1) is 0 Å². The minimum Gasteiger partial charge on any atom is -0.822 e. The average molecular weight is 314 g/mol. The summed E-state index contributed by atoms with van der Waals surface area (Å²) in [5.41, 5.74) is 0. The number of phosphoric acid groups is 1. The minimum absolute atomic E-state index is 0. The smallest absolute Gasteiger partial charge is 0 e. The largest absolute Gasteiger partial charge is 0.822 e. The van der Waals surface area contributed by atoms with Gasteiger partial charge in [0.15, 0.2) is 0 Å². The van der Waals surface area contributed by atoms with Crippen molar-refractivity contribution in [2.24, 2.45) is 0 Å². The average Bonchev–Trinajstić information content (AvgIpc) is 0.722. The zero-order chi connectivity index (χ0) is 4.50. The monoisotopic (exact) mass is 314 g/mol. The molecule has 80 valence electrons. The van der Waals surface area contributed by atoms with E-state index in [-0.39, 0.29) is 69.7 Å². The molecule has 0 unspecified atom stereocenters. The summed E-state index contributed by atoms with van der Waals surface area (Å²) in [6, 6.07) is 0. The molecule has 7 nitrogen and oxygen atoms in total. The zero-order valence-corrected chi connectivity index (χ0v) is 9.47. The van der Waals surface area contributed by atoms with Gasteiger partial charge < -0.3 is 37.7 Å². The van der Waals surface area contributed by atoms with E-state index in [2.05, 4.69) is 0 Å². The molecule has 0 atom stereocenters. The summed E-state index contributed by atoms with van der Waals surface area (Å²) < 4.78 is 8.55. The predicted molar refractivity (Wildman–Crippen MR) is 22.7 cm³/mol. The summed E-state index contributed by atoms with van der Waals surface area (Å²) in [6.45, 7) is 0. The van der Waals surface area contributed by atoms with Crippen molar-refractivity contribution in [3.05, 3.63) is 0 Å². The van der Waals surface area contributed by atoms with Crippen LogP contribution in [0, 0.1) is 0 Å². The quantitative estimate of drug-likeness (QED) is 0.329. The SMILES string of the molecule is N.N.N.O=P([O-])([O-])[O-].[Fe].[Fe].[Fe]. The molecule has 0 aromatic rings. The molecule has 0 radical (unpaired) electrons. The molecule has 0 saturated carbocycles. The fourth-order valence-electron chi connectivity index (χ4n) is 0. The van der Waals surface area contributed by atoms with Crippen LogP contribution in [0.5, 0.6) is 0 Å². The van der Waals surface area contributed by atoms with Crippen molar-refractivity contribution >= 4 is 7.82 Å². The van der Waals surface area contributed by atoms with Crippen LogP contribution < -0.4 is 33.1 Å². The first-order chi connectivity index (χ1) is 2.00. The van der Waals surface area contributed by atoms with E-state index in [1.165, 1.54) is 0 Å². The van der Waals surface area contributed by atoms with Crippen molar-refractivity contribution in [3.8, 4) is 0 Å². The standard InChI is InChI=1S/3Fe.3H3N.H3O4P/c;;;;;;1-5(2,3)4/h;;;3*1H3;(H3,1,2,3,4)/p-3. The Balaban J connectivity index is -0.00000000533. The van der Waals surface area contributed by atoms with E-state index in [0.717, 1.165) is 0 Å². The fraction of sp³-hybridized carbons (Fsp3) is 0. The maximum absolute atomic E-state index is 8.55. The Kier molecular flexibility index (Phi) is 111. The second kappa shape index (κ2) is 22.6. The first kappa shape index (κ1) is 54.4. The molecule has 0 aromatic heterocycles. The van der Waals surface area contributed by atoms with Gasteiger partial charge in [0, 0.05) is 51.2 Å². The molecular weight excluding hydrogens is 305 g/mol. The summed E-state index contributed by atoms with van der Waals surface area (Å²) in [6.07, 6.45) is 0. The third-order valence-electron chi connectivity index (χ3n) is 0. The molecule has 0 heterocycles. The Morgan fingerprint density at radius 1 is 0.727 bits per heavy atom. The number of hydrogen-bond donors (Lipinski definition) is 3. The van der Waals surface area contributed by atoms with Crippen molar-refractivity contribution < 1.29 is 70.5 Å². The summed E-state index contributed by atoms with van der Waals surface area (Å²) in [4.78, 5) is 25.6. The van der Waals surface area contributed by atoms with Gasteiger partial charge in [0.25, 0.3) is 0 Å². The topological polar surface area (TPSA) is 191 Å². The van der Waals surface area contributed by atoms with Crippen LogP contribution in [0.4, 0.5) is 0 Å². The Labute approximate surface area is 96.5 Å². The summed E-state index contributed by atoms with van der Waals surface area (Å²) in [5, 5.41) is 0. The van der Waals surface area contributed by atoms with E-state index in [9.17, 15) is 0 Å². The summed E-state index contributed by atoms with van der Waals surface area (Å²) in [5.74, 6) is 0. The first-order valence-electron chi connectivity index (χ1n) is 0.730. The Morgan fingerprint density at radius 3 is 0.727 bits per heavy atom. The van der Waals surface area contributed by atoms with Crippen molar-refractivity contribution in [1.82, 2.24) is 18.5 Å². The van der Waals surface area contributed by atoms with Gasteiger partial charge in [-0.3, -0.25) is 0 Å². The summed E-state index contributed by atoms with van der Waals surface area (Å²) in [7, 11) is -5.39. The molecular formula is H9Fe3N3O4P-3. The molecule has 0 saturated heterocycles. The van der Waals surface area contributed by atoms with Gasteiger partial charge in [0.05, 0.1) is 0 Å². The van der Waals surface area contributed by atoms with Crippen LogP contribution in [0.3, 0.4) is 0 Å². The number of rotatable bonds is 0. The van der Waals surface area contributed by atoms with Gasteiger partial charge in [-0.25, -0.2) is 0 Å². The van der Waals surface area contributed by atoms with Gasteiger partial charge in [-0.1, -0.05) is 0 Å². The molecule has 0 fully saturated rings. The van der Waals surface area contributed by atoms with Crippen LogP contribution in [0.25, 0.3) is 0 Å². The van der Waals surface area contributed by atoms with E-state index < -0.39 is 7.82 Å². The molecule has 9 N–H and O–H groups in total. The van der Waals surface area contributed by atoms with Crippen molar-refractivity contribution in [1.29, 1.82) is 0 Å². The maximum atomic E-state index is 8.55. The molecule has 0 aromatic carbocycles. The zero-order valence-electron chi connectivity index (χ0n) is 5.26. The Hall–Kier alpha value is 1.55. The van der Waals surface area contributed by atoms with E-state index in [1.54, 1.807) is 0 Å². The molecule has 0 amide bonds. The molecule has 0 aliphatic heterocycles. The fourth-order valence-corrected chi connectivity index (χ4v) is 0. The first-order valence-corrected chi connectivity index (χ1v) is 2.19. The van der Waals surface area contributed by atoms with Crippen LogP contribution in [0.15, 0.2) is 0 Å². The van der Waals surface area contributed by atoms with Gasteiger partial charge in [0.1, 0.15) is 0 Å². The van der Waals surface area contributed by atoms with E-state index in [0.29, 0.717) is 0 Å². The normalized spacial score (nSPS) is 5.36. The molecule has 0 bridgehead atoms. The molecule has 11 heavy (non-hydrogen) atoms. The van der Waals surface area contributed by atoms with Crippen LogP contribution in [0.1, 0.15) is 0 Å². The van der Waals surface area contributed by atoms with Gasteiger partial charge in [-0.2, -0.15) is 7.82 Å². The molecule has 0 rings (SSSR count). The van der Waals surface area contributed by atoms with Crippen molar-refractivity contribution in [2.45, 2.75) is 0 Å². The third-order valence-corrected chi connectivity index (χ3v) is 0. The van der Waals surface area contributed by atoms with Crippen LogP contribution >= 0.6 is 7.82 Å². The van der Waals surface area contributed by atoms with E-state index in [1.807, 2.05) is 0 Å². The molecule has 0 aliphatic rings. The van der Waals surface area contributed by atoms with Gasteiger partial charge >= 0.3 is 0 Å². The second-order valence-electron chi connectivity index (χ2n) is 0.447. The van der Waals surface area contributed by atoms with Gasteiger partial charge in [0.2, 0.25) is 0 Å². The van der Waals surface area contributed by atoms with Crippen molar-refractivity contribution in [3.63, 3.8) is 0 Å². The van der Waals surface area contributed by atoms with Crippen LogP contribution in [0.2, 0.25) is 0 Å². The predicted octanol–water partition coefficient (Wildman–Crippen LogP) is -2.35. The van der Waals surface area contributed by atoms with Crippen molar-refractivity contribution in [2.75, 3.05) is 0 Å².